The minimum Gasteiger partial charge on any atom is -0.460 e. The Labute approximate surface area is 153 Å². The van der Waals surface area contributed by atoms with Gasteiger partial charge < -0.3 is 15.0 Å². The second-order valence-electron chi connectivity index (χ2n) is 5.50. The van der Waals surface area contributed by atoms with Gasteiger partial charge in [-0.15, -0.1) is 11.3 Å². The van der Waals surface area contributed by atoms with Crippen LogP contribution < -0.4 is 10.2 Å². The summed E-state index contributed by atoms with van der Waals surface area (Å²) >= 11 is 2.84. The Morgan fingerprint density at radius 3 is 2.64 bits per heavy atom. The van der Waals surface area contributed by atoms with Crippen molar-refractivity contribution in [3.8, 4) is 0 Å². The van der Waals surface area contributed by atoms with Gasteiger partial charge in [0, 0.05) is 14.1 Å². The van der Waals surface area contributed by atoms with Crippen molar-refractivity contribution in [2.24, 2.45) is 0 Å². The molecule has 1 aromatic carbocycles. The Hall–Kier alpha value is -2.45. The molecule has 1 N–H and O–H groups in total. The molecule has 0 aliphatic carbocycles. The summed E-state index contributed by atoms with van der Waals surface area (Å²) in [6.45, 7) is 0.0368. The fourth-order valence-electron chi connectivity index (χ4n) is 2.06. The lowest BCUT2D eigenvalue weighted by Crippen LogP contribution is -2.30. The van der Waals surface area contributed by atoms with Gasteiger partial charge in [-0.2, -0.15) is 0 Å². The Morgan fingerprint density at radius 1 is 1.20 bits per heavy atom. The summed E-state index contributed by atoms with van der Waals surface area (Å²) < 4.78 is 6.10. The van der Waals surface area contributed by atoms with E-state index in [0.29, 0.717) is 4.88 Å². The average molecular weight is 375 g/mol. The number of hydrogen-bond acceptors (Lipinski definition) is 7. The van der Waals surface area contributed by atoms with E-state index in [0.717, 1.165) is 20.2 Å². The maximum absolute atomic E-state index is 12.2. The van der Waals surface area contributed by atoms with Crippen LogP contribution in [-0.2, 0) is 16.1 Å². The highest BCUT2D eigenvalue weighted by Gasteiger charge is 2.15. The molecule has 6 nitrogen and oxygen atoms in total. The highest BCUT2D eigenvalue weighted by Crippen LogP contribution is 2.33. The maximum atomic E-state index is 12.2. The molecule has 0 saturated carbocycles. The van der Waals surface area contributed by atoms with Crippen LogP contribution in [0.15, 0.2) is 36.4 Å². The summed E-state index contributed by atoms with van der Waals surface area (Å²) in [6.07, 6.45) is 0. The number of ether oxygens (including phenoxy) is 1. The quantitative estimate of drug-likeness (QED) is 0.671. The molecule has 2 heterocycles. The molecule has 3 aromatic rings. The number of benzene rings is 1. The lowest BCUT2D eigenvalue weighted by atomic mass is 10.2. The van der Waals surface area contributed by atoms with E-state index in [1.807, 2.05) is 49.3 Å². The van der Waals surface area contributed by atoms with Gasteiger partial charge in [0.1, 0.15) is 18.0 Å². The fraction of sp³-hybridized carbons (Fsp3) is 0.235. The van der Waals surface area contributed by atoms with Crippen molar-refractivity contribution in [1.82, 2.24) is 10.3 Å². The molecular weight excluding hydrogens is 358 g/mol. The number of thiazole rings is 1. The fourth-order valence-corrected chi connectivity index (χ4v) is 4.11. The van der Waals surface area contributed by atoms with E-state index >= 15 is 0 Å². The number of anilines is 1. The molecule has 0 aliphatic heterocycles. The molecule has 0 fully saturated rings. The van der Waals surface area contributed by atoms with Crippen LogP contribution in [0.1, 0.15) is 15.2 Å². The predicted octanol–water partition coefficient (Wildman–Crippen LogP) is 2.90. The summed E-state index contributed by atoms with van der Waals surface area (Å²) in [5.74, 6) is -0.762. The van der Waals surface area contributed by atoms with Gasteiger partial charge in [-0.05, 0) is 11.6 Å². The molecule has 0 atom stereocenters. The van der Waals surface area contributed by atoms with Crippen LogP contribution in [-0.4, -0.2) is 37.5 Å². The van der Waals surface area contributed by atoms with Crippen LogP contribution in [0.25, 0.3) is 9.53 Å². The predicted molar refractivity (Wildman–Crippen MR) is 100 cm³/mol. The number of aromatic nitrogens is 1. The molecule has 2 aromatic heterocycles. The number of amides is 1. The van der Waals surface area contributed by atoms with E-state index in [2.05, 4.69) is 10.3 Å². The third-order valence-electron chi connectivity index (χ3n) is 3.32. The second-order valence-corrected chi connectivity index (χ2v) is 7.54. The Kier molecular flexibility index (Phi) is 5.30. The molecule has 0 radical (unpaired) electrons. The van der Waals surface area contributed by atoms with Crippen molar-refractivity contribution < 1.29 is 14.3 Å². The highest BCUT2D eigenvalue weighted by atomic mass is 32.1. The number of nitrogens with one attached hydrogen (secondary N) is 1. The van der Waals surface area contributed by atoms with Crippen LogP contribution >= 0.6 is 22.7 Å². The zero-order chi connectivity index (χ0) is 17.8. The molecule has 25 heavy (non-hydrogen) atoms. The standard InChI is InChI=1S/C17H17N3O3S2/c1-20(2)17-19-16-13(25-17)8-12(24-16)15(22)18-9-14(21)23-10-11-6-4-3-5-7-11/h3-8H,9-10H2,1-2H3,(H,18,22). The average Bonchev–Trinajstić information content (AvgIpc) is 3.18. The van der Waals surface area contributed by atoms with Gasteiger partial charge >= 0.3 is 5.97 Å². The van der Waals surface area contributed by atoms with Crippen LogP contribution in [0.3, 0.4) is 0 Å². The summed E-state index contributed by atoms with van der Waals surface area (Å²) in [4.78, 5) is 31.7. The first-order chi connectivity index (χ1) is 12.0. The normalized spacial score (nSPS) is 10.6. The molecule has 0 bridgehead atoms. The second kappa shape index (κ2) is 7.62. The van der Waals surface area contributed by atoms with Crippen LogP contribution in [0.4, 0.5) is 5.13 Å². The van der Waals surface area contributed by atoms with Crippen LogP contribution in [0.2, 0.25) is 0 Å². The van der Waals surface area contributed by atoms with Crippen molar-refractivity contribution in [3.05, 3.63) is 46.8 Å². The number of carbonyl (C=O) groups excluding carboxylic acids is 2. The first kappa shape index (κ1) is 17.4. The van der Waals surface area contributed by atoms with E-state index in [1.165, 1.54) is 22.7 Å². The third kappa shape index (κ3) is 4.34. The van der Waals surface area contributed by atoms with Crippen LogP contribution in [0.5, 0.6) is 0 Å². The minimum absolute atomic E-state index is 0.159. The molecule has 0 unspecified atom stereocenters. The molecule has 0 saturated heterocycles. The van der Waals surface area contributed by atoms with E-state index in [9.17, 15) is 9.59 Å². The Balaban J connectivity index is 1.51. The number of fused-ring (bicyclic) bond motifs is 1. The van der Waals surface area contributed by atoms with Gasteiger partial charge in [-0.25, -0.2) is 4.98 Å². The van der Waals surface area contributed by atoms with Gasteiger partial charge in [0.15, 0.2) is 5.13 Å². The van der Waals surface area contributed by atoms with Gasteiger partial charge in [-0.1, -0.05) is 41.7 Å². The summed E-state index contributed by atoms with van der Waals surface area (Å²) in [6, 6.07) is 11.2. The highest BCUT2D eigenvalue weighted by molar-refractivity contribution is 7.29. The van der Waals surface area contributed by atoms with Crippen molar-refractivity contribution >= 4 is 49.2 Å². The maximum Gasteiger partial charge on any atom is 0.325 e. The van der Waals surface area contributed by atoms with Crippen molar-refractivity contribution in [1.29, 1.82) is 0 Å². The zero-order valence-electron chi connectivity index (χ0n) is 13.8. The number of hydrogen-bond donors (Lipinski definition) is 1. The number of nitrogens with zero attached hydrogens (tertiary/aromatic N) is 2. The van der Waals surface area contributed by atoms with Crippen LogP contribution in [0, 0.1) is 0 Å². The smallest absolute Gasteiger partial charge is 0.325 e. The monoisotopic (exact) mass is 375 g/mol. The third-order valence-corrected chi connectivity index (χ3v) is 5.65. The SMILES string of the molecule is CN(C)c1nc2sc(C(=O)NCC(=O)OCc3ccccc3)cc2s1. The lowest BCUT2D eigenvalue weighted by molar-refractivity contribution is -0.143. The molecule has 130 valence electrons. The van der Waals surface area contributed by atoms with Crippen molar-refractivity contribution in [2.45, 2.75) is 6.61 Å². The van der Waals surface area contributed by atoms with E-state index < -0.39 is 5.97 Å². The first-order valence-corrected chi connectivity index (χ1v) is 9.21. The minimum atomic E-state index is -0.469. The Bertz CT molecular complexity index is 856. The van der Waals surface area contributed by atoms with Crippen molar-refractivity contribution in [3.63, 3.8) is 0 Å². The van der Waals surface area contributed by atoms with E-state index in [1.54, 1.807) is 6.07 Å². The van der Waals surface area contributed by atoms with E-state index in [-0.39, 0.29) is 19.1 Å². The largest absolute Gasteiger partial charge is 0.460 e. The molecule has 3 rings (SSSR count). The first-order valence-electron chi connectivity index (χ1n) is 7.58. The molecule has 8 heteroatoms. The van der Waals surface area contributed by atoms with Gasteiger partial charge in [0.2, 0.25) is 0 Å². The van der Waals surface area contributed by atoms with Gasteiger partial charge in [0.25, 0.3) is 5.91 Å². The number of thiophene rings is 1. The van der Waals surface area contributed by atoms with Crippen molar-refractivity contribution in [2.75, 3.05) is 25.5 Å². The lowest BCUT2D eigenvalue weighted by Gasteiger charge is -2.06. The van der Waals surface area contributed by atoms with Gasteiger partial charge in [-0.3, -0.25) is 9.59 Å². The molecule has 0 spiro atoms. The Morgan fingerprint density at radius 2 is 1.96 bits per heavy atom. The summed E-state index contributed by atoms with van der Waals surface area (Å²) in [5, 5.41) is 3.49. The number of carbonyl (C=O) groups is 2. The molecular formula is C17H17N3O3S2. The zero-order valence-corrected chi connectivity index (χ0v) is 15.4. The summed E-state index contributed by atoms with van der Waals surface area (Å²) in [7, 11) is 3.86. The number of esters is 1. The van der Waals surface area contributed by atoms with E-state index in [4.69, 9.17) is 4.74 Å². The molecule has 0 aliphatic rings. The van der Waals surface area contributed by atoms with Gasteiger partial charge in [0.05, 0.1) is 9.58 Å². The molecule has 1 amide bonds. The summed E-state index contributed by atoms with van der Waals surface area (Å²) in [5.41, 5.74) is 0.906. The topological polar surface area (TPSA) is 71.5 Å². The number of rotatable bonds is 6.